The van der Waals surface area contributed by atoms with Crippen molar-refractivity contribution in [3.05, 3.63) is 29.6 Å². The van der Waals surface area contributed by atoms with Crippen molar-refractivity contribution in [1.82, 2.24) is 0 Å². The minimum absolute atomic E-state index is 0.182. The molecule has 2 rings (SSSR count). The van der Waals surface area contributed by atoms with E-state index >= 15 is 0 Å². The SMILES string of the molecule is N#Cc1cc(N2C(=O)COCC2=O)ccc1F. The topological polar surface area (TPSA) is 70.4 Å². The van der Waals surface area contributed by atoms with E-state index in [1.54, 1.807) is 6.07 Å². The van der Waals surface area contributed by atoms with Crippen LogP contribution >= 0.6 is 0 Å². The maximum atomic E-state index is 13.1. The minimum atomic E-state index is -0.690. The van der Waals surface area contributed by atoms with Crippen molar-refractivity contribution in [2.75, 3.05) is 18.1 Å². The smallest absolute Gasteiger partial charge is 0.259 e. The van der Waals surface area contributed by atoms with Gasteiger partial charge in [-0.05, 0) is 18.2 Å². The first-order valence-corrected chi connectivity index (χ1v) is 4.76. The first-order valence-electron chi connectivity index (χ1n) is 4.76. The Hall–Kier alpha value is -2.26. The molecule has 5 nitrogen and oxygen atoms in total. The van der Waals surface area contributed by atoms with Gasteiger partial charge in [0.15, 0.2) is 0 Å². The van der Waals surface area contributed by atoms with Crippen LogP contribution in [-0.2, 0) is 14.3 Å². The van der Waals surface area contributed by atoms with Crippen LogP contribution in [0.3, 0.4) is 0 Å². The molecule has 6 heteroatoms. The molecule has 1 fully saturated rings. The van der Waals surface area contributed by atoms with Crippen LogP contribution in [0.4, 0.5) is 10.1 Å². The molecule has 86 valence electrons. The average Bonchev–Trinajstić information content (AvgIpc) is 2.31. The second-order valence-electron chi connectivity index (χ2n) is 3.39. The van der Waals surface area contributed by atoms with Gasteiger partial charge in [0, 0.05) is 0 Å². The average molecular weight is 234 g/mol. The number of amides is 2. The molecule has 0 bridgehead atoms. The molecule has 0 aliphatic carbocycles. The molecule has 0 aromatic heterocycles. The number of ether oxygens (including phenoxy) is 1. The number of hydrogen-bond acceptors (Lipinski definition) is 4. The van der Waals surface area contributed by atoms with Crippen molar-refractivity contribution < 1.29 is 18.7 Å². The van der Waals surface area contributed by atoms with Gasteiger partial charge in [-0.1, -0.05) is 0 Å². The molecule has 0 radical (unpaired) electrons. The van der Waals surface area contributed by atoms with E-state index in [1.165, 1.54) is 6.07 Å². The fourth-order valence-corrected chi connectivity index (χ4v) is 1.52. The predicted octanol–water partition coefficient (Wildman–Crippen LogP) is 0.587. The maximum Gasteiger partial charge on any atom is 0.259 e. The quantitative estimate of drug-likeness (QED) is 0.666. The highest BCUT2D eigenvalue weighted by Gasteiger charge is 2.28. The fraction of sp³-hybridized carbons (Fsp3) is 0.182. The Morgan fingerprint density at radius 3 is 2.53 bits per heavy atom. The first-order chi connectivity index (χ1) is 8.13. The Labute approximate surface area is 96.0 Å². The van der Waals surface area contributed by atoms with Crippen LogP contribution in [-0.4, -0.2) is 25.0 Å². The van der Waals surface area contributed by atoms with Gasteiger partial charge in [-0.25, -0.2) is 9.29 Å². The summed E-state index contributed by atoms with van der Waals surface area (Å²) >= 11 is 0. The van der Waals surface area contributed by atoms with Gasteiger partial charge in [0.1, 0.15) is 25.1 Å². The summed E-state index contributed by atoms with van der Waals surface area (Å²) < 4.78 is 17.8. The number of rotatable bonds is 1. The molecule has 0 saturated carbocycles. The lowest BCUT2D eigenvalue weighted by Gasteiger charge is -2.24. The zero-order valence-corrected chi connectivity index (χ0v) is 8.64. The summed E-state index contributed by atoms with van der Waals surface area (Å²) in [4.78, 5) is 23.9. The molecule has 1 aliphatic rings. The van der Waals surface area contributed by atoms with Crippen LogP contribution in [0.2, 0.25) is 0 Å². The zero-order chi connectivity index (χ0) is 12.4. The fourth-order valence-electron chi connectivity index (χ4n) is 1.52. The molecule has 1 heterocycles. The summed E-state index contributed by atoms with van der Waals surface area (Å²) in [6.45, 7) is -0.407. The molecule has 0 atom stereocenters. The van der Waals surface area contributed by atoms with Crippen LogP contribution in [0.25, 0.3) is 0 Å². The summed E-state index contributed by atoms with van der Waals surface area (Å²) in [7, 11) is 0. The van der Waals surface area contributed by atoms with Gasteiger partial charge in [0.25, 0.3) is 11.8 Å². The van der Waals surface area contributed by atoms with Crippen molar-refractivity contribution >= 4 is 17.5 Å². The molecule has 0 spiro atoms. The van der Waals surface area contributed by atoms with Crippen LogP contribution in [0, 0.1) is 17.1 Å². The van der Waals surface area contributed by atoms with E-state index in [9.17, 15) is 14.0 Å². The highest BCUT2D eigenvalue weighted by atomic mass is 19.1. The van der Waals surface area contributed by atoms with Gasteiger partial charge in [-0.3, -0.25) is 9.59 Å². The van der Waals surface area contributed by atoms with Gasteiger partial charge in [-0.15, -0.1) is 0 Å². The summed E-state index contributed by atoms with van der Waals surface area (Å²) in [6.07, 6.45) is 0. The Morgan fingerprint density at radius 2 is 1.94 bits per heavy atom. The first kappa shape index (κ1) is 11.2. The minimum Gasteiger partial charge on any atom is -0.362 e. The summed E-state index contributed by atoms with van der Waals surface area (Å²) in [5.74, 6) is -1.75. The van der Waals surface area contributed by atoms with Crippen LogP contribution in [0.1, 0.15) is 5.56 Å². The molecule has 1 saturated heterocycles. The summed E-state index contributed by atoms with van der Waals surface area (Å²) in [6, 6.07) is 5.13. The molecule has 1 aromatic rings. The lowest BCUT2D eigenvalue weighted by atomic mass is 10.2. The Balaban J connectivity index is 2.43. The number of morpholine rings is 1. The van der Waals surface area contributed by atoms with E-state index in [4.69, 9.17) is 10.00 Å². The molecule has 0 unspecified atom stereocenters. The van der Waals surface area contributed by atoms with E-state index in [0.29, 0.717) is 0 Å². The van der Waals surface area contributed by atoms with Gasteiger partial charge in [0.05, 0.1) is 11.3 Å². The molecule has 2 amide bonds. The monoisotopic (exact) mass is 234 g/mol. The summed E-state index contributed by atoms with van der Waals surface area (Å²) in [5, 5.41) is 8.67. The van der Waals surface area contributed by atoms with E-state index in [2.05, 4.69) is 0 Å². The van der Waals surface area contributed by atoms with E-state index in [1.807, 2.05) is 0 Å². The van der Waals surface area contributed by atoms with Crippen molar-refractivity contribution in [2.24, 2.45) is 0 Å². The van der Waals surface area contributed by atoms with Crippen molar-refractivity contribution in [3.8, 4) is 6.07 Å². The van der Waals surface area contributed by atoms with E-state index in [0.717, 1.165) is 17.0 Å². The number of carbonyl (C=O) groups is 2. The Morgan fingerprint density at radius 1 is 1.29 bits per heavy atom. The standard InChI is InChI=1S/C11H7FN2O3/c12-9-2-1-8(3-7(9)4-13)14-10(15)5-17-6-11(14)16/h1-3H,5-6H2. The molecular weight excluding hydrogens is 227 g/mol. The Bertz CT molecular complexity index is 520. The third-order valence-electron chi connectivity index (χ3n) is 2.28. The highest BCUT2D eigenvalue weighted by molar-refractivity contribution is 6.17. The van der Waals surface area contributed by atoms with E-state index < -0.39 is 17.6 Å². The zero-order valence-electron chi connectivity index (χ0n) is 8.64. The van der Waals surface area contributed by atoms with Crippen LogP contribution < -0.4 is 4.90 Å². The second-order valence-corrected chi connectivity index (χ2v) is 3.39. The van der Waals surface area contributed by atoms with Crippen LogP contribution in [0.5, 0.6) is 0 Å². The largest absolute Gasteiger partial charge is 0.362 e. The van der Waals surface area contributed by atoms with Gasteiger partial charge < -0.3 is 4.74 Å². The molecule has 17 heavy (non-hydrogen) atoms. The molecule has 1 aliphatic heterocycles. The maximum absolute atomic E-state index is 13.1. The van der Waals surface area contributed by atoms with Gasteiger partial charge in [0.2, 0.25) is 0 Å². The van der Waals surface area contributed by atoms with E-state index in [-0.39, 0.29) is 24.5 Å². The second kappa shape index (κ2) is 4.31. The van der Waals surface area contributed by atoms with Crippen molar-refractivity contribution in [3.63, 3.8) is 0 Å². The number of carbonyl (C=O) groups excluding carboxylic acids is 2. The number of benzene rings is 1. The predicted molar refractivity (Wildman–Crippen MR) is 54.4 cm³/mol. The Kier molecular flexibility index (Phi) is 2.85. The van der Waals surface area contributed by atoms with Crippen LogP contribution in [0.15, 0.2) is 18.2 Å². The van der Waals surface area contributed by atoms with Gasteiger partial charge in [-0.2, -0.15) is 5.26 Å². The number of hydrogen-bond donors (Lipinski definition) is 0. The molecule has 1 aromatic carbocycles. The third kappa shape index (κ3) is 2.00. The lowest BCUT2D eigenvalue weighted by molar-refractivity contribution is -0.138. The summed E-state index contributed by atoms with van der Waals surface area (Å²) in [5.41, 5.74) is -0.0316. The number of anilines is 1. The molecular formula is C11H7FN2O3. The number of nitriles is 1. The normalized spacial score (nSPS) is 15.9. The van der Waals surface area contributed by atoms with Crippen molar-refractivity contribution in [2.45, 2.75) is 0 Å². The molecule has 0 N–H and O–H groups in total. The van der Waals surface area contributed by atoms with Gasteiger partial charge >= 0.3 is 0 Å². The number of nitrogens with zero attached hydrogens (tertiary/aromatic N) is 2. The highest BCUT2D eigenvalue weighted by Crippen LogP contribution is 2.20. The lowest BCUT2D eigenvalue weighted by Crippen LogP contribution is -2.46. The number of halogens is 1. The third-order valence-corrected chi connectivity index (χ3v) is 2.28. The van der Waals surface area contributed by atoms with Crippen molar-refractivity contribution in [1.29, 1.82) is 5.26 Å². The number of imide groups is 1.